The molecule has 9 heteroatoms. The molecule has 0 radical (unpaired) electrons. The third-order valence-electron chi connectivity index (χ3n) is 3.97. The maximum absolute atomic E-state index is 12.4. The van der Waals surface area contributed by atoms with E-state index < -0.39 is 23.9 Å². The highest BCUT2D eigenvalue weighted by molar-refractivity contribution is 6.33. The first-order chi connectivity index (χ1) is 12.7. The topological polar surface area (TPSA) is 58.6 Å². The van der Waals surface area contributed by atoms with E-state index in [0.717, 1.165) is 12.1 Å². The molecular formula is C18H14ClF3N2O3. The van der Waals surface area contributed by atoms with Gasteiger partial charge in [0, 0.05) is 24.7 Å². The maximum atomic E-state index is 12.4. The number of benzene rings is 2. The summed E-state index contributed by atoms with van der Waals surface area (Å²) in [5.74, 6) is -1.82. The van der Waals surface area contributed by atoms with Crippen molar-refractivity contribution in [3.05, 3.63) is 53.6 Å². The van der Waals surface area contributed by atoms with Crippen LogP contribution in [0.5, 0.6) is 5.75 Å². The minimum atomic E-state index is -4.82. The molecule has 0 saturated carbocycles. The molecule has 1 fully saturated rings. The molecule has 1 aliphatic rings. The number of nitrogens with one attached hydrogen (secondary N) is 1. The number of hydrogen-bond acceptors (Lipinski definition) is 3. The van der Waals surface area contributed by atoms with Gasteiger partial charge in [-0.05, 0) is 24.3 Å². The fourth-order valence-corrected chi connectivity index (χ4v) is 3.04. The van der Waals surface area contributed by atoms with Gasteiger partial charge in [-0.1, -0.05) is 29.8 Å². The summed E-state index contributed by atoms with van der Waals surface area (Å²) in [5, 5.41) is 2.91. The molecule has 1 atom stereocenters. The molecular weight excluding hydrogens is 385 g/mol. The molecule has 2 amide bonds. The predicted octanol–water partition coefficient (Wildman–Crippen LogP) is 4.23. The van der Waals surface area contributed by atoms with Crippen molar-refractivity contribution in [3.8, 4) is 5.75 Å². The van der Waals surface area contributed by atoms with E-state index in [0.29, 0.717) is 10.7 Å². The molecule has 1 unspecified atom stereocenters. The van der Waals surface area contributed by atoms with Crippen LogP contribution < -0.4 is 15.0 Å². The highest BCUT2D eigenvalue weighted by atomic mass is 35.5. The van der Waals surface area contributed by atoms with Crippen LogP contribution in [0.25, 0.3) is 0 Å². The fourth-order valence-electron chi connectivity index (χ4n) is 2.80. The van der Waals surface area contributed by atoms with Crippen molar-refractivity contribution in [2.24, 2.45) is 5.92 Å². The summed E-state index contributed by atoms with van der Waals surface area (Å²) in [6, 6.07) is 11.7. The maximum Gasteiger partial charge on any atom is 0.573 e. The van der Waals surface area contributed by atoms with E-state index in [1.807, 2.05) is 0 Å². The Hall–Kier alpha value is -2.74. The fraction of sp³-hybridized carbons (Fsp3) is 0.222. The Labute approximate surface area is 157 Å². The molecule has 1 aliphatic heterocycles. The summed E-state index contributed by atoms with van der Waals surface area (Å²) >= 11 is 6.10. The van der Waals surface area contributed by atoms with Crippen LogP contribution in [-0.2, 0) is 9.59 Å². The Morgan fingerprint density at radius 2 is 1.93 bits per heavy atom. The van der Waals surface area contributed by atoms with Gasteiger partial charge >= 0.3 is 6.36 Å². The Bertz CT molecular complexity index is 873. The zero-order valence-corrected chi connectivity index (χ0v) is 14.6. The van der Waals surface area contributed by atoms with Gasteiger partial charge < -0.3 is 15.0 Å². The number of anilines is 2. The SMILES string of the molecule is O=C(Nc1cccc(OC(F)(F)F)c1)C1CC(=O)N(c2ccccc2Cl)C1. The minimum absolute atomic E-state index is 0.0181. The van der Waals surface area contributed by atoms with E-state index >= 15 is 0 Å². The molecule has 1 heterocycles. The van der Waals surface area contributed by atoms with Gasteiger partial charge in [0.1, 0.15) is 5.75 Å². The average molecular weight is 399 g/mol. The van der Waals surface area contributed by atoms with E-state index in [4.69, 9.17) is 11.6 Å². The lowest BCUT2D eigenvalue weighted by Gasteiger charge is -2.18. The molecule has 0 spiro atoms. The summed E-state index contributed by atoms with van der Waals surface area (Å²) in [4.78, 5) is 26.1. The summed E-state index contributed by atoms with van der Waals surface area (Å²) in [7, 11) is 0. The van der Waals surface area contributed by atoms with Crippen LogP contribution in [0.4, 0.5) is 24.5 Å². The lowest BCUT2D eigenvalue weighted by molar-refractivity contribution is -0.274. The van der Waals surface area contributed by atoms with E-state index in [1.165, 1.54) is 17.0 Å². The first kappa shape index (κ1) is 19.0. The minimum Gasteiger partial charge on any atom is -0.406 e. The van der Waals surface area contributed by atoms with Crippen molar-refractivity contribution < 1.29 is 27.5 Å². The number of amides is 2. The van der Waals surface area contributed by atoms with Crippen LogP contribution in [0.2, 0.25) is 5.02 Å². The molecule has 3 rings (SSSR count). The molecule has 0 bridgehead atoms. The smallest absolute Gasteiger partial charge is 0.406 e. The molecule has 2 aromatic carbocycles. The van der Waals surface area contributed by atoms with E-state index in [9.17, 15) is 22.8 Å². The lowest BCUT2D eigenvalue weighted by Crippen LogP contribution is -2.28. The number of nitrogens with zero attached hydrogens (tertiary/aromatic N) is 1. The molecule has 5 nitrogen and oxygen atoms in total. The Balaban J connectivity index is 1.68. The number of alkyl halides is 3. The summed E-state index contributed by atoms with van der Waals surface area (Å²) in [5.41, 5.74) is 0.658. The van der Waals surface area contributed by atoms with Gasteiger partial charge in [0.05, 0.1) is 16.6 Å². The van der Waals surface area contributed by atoms with Gasteiger partial charge in [-0.3, -0.25) is 9.59 Å². The van der Waals surface area contributed by atoms with Crippen molar-refractivity contribution in [2.75, 3.05) is 16.8 Å². The standard InChI is InChI=1S/C18H14ClF3N2O3/c19-14-6-1-2-7-15(14)24-10-11(8-16(24)25)17(26)23-12-4-3-5-13(9-12)27-18(20,21)22/h1-7,9,11H,8,10H2,(H,23,26). The summed E-state index contributed by atoms with van der Waals surface area (Å²) < 4.78 is 40.7. The second kappa shape index (κ2) is 7.48. The van der Waals surface area contributed by atoms with Crippen LogP contribution in [0, 0.1) is 5.92 Å². The monoisotopic (exact) mass is 398 g/mol. The number of halogens is 4. The summed E-state index contributed by atoms with van der Waals surface area (Å²) in [6.07, 6.45) is -4.84. The normalized spacial score (nSPS) is 17.1. The summed E-state index contributed by atoms with van der Waals surface area (Å²) in [6.45, 7) is 0.132. The van der Waals surface area contributed by atoms with Gasteiger partial charge in [-0.2, -0.15) is 0 Å². The Kier molecular flexibility index (Phi) is 5.27. The molecule has 142 valence electrons. The van der Waals surface area contributed by atoms with E-state index in [2.05, 4.69) is 10.1 Å². The van der Waals surface area contributed by atoms with Gasteiger partial charge in [0.15, 0.2) is 0 Å². The molecule has 1 saturated heterocycles. The highest BCUT2D eigenvalue weighted by Crippen LogP contribution is 2.32. The van der Waals surface area contributed by atoms with Crippen LogP contribution in [0.1, 0.15) is 6.42 Å². The first-order valence-corrected chi connectivity index (χ1v) is 8.32. The molecule has 2 aromatic rings. The van der Waals surface area contributed by atoms with Crippen molar-refractivity contribution in [3.63, 3.8) is 0 Å². The van der Waals surface area contributed by atoms with Crippen LogP contribution >= 0.6 is 11.6 Å². The number of ether oxygens (including phenoxy) is 1. The largest absolute Gasteiger partial charge is 0.573 e. The second-order valence-electron chi connectivity index (χ2n) is 5.92. The third-order valence-corrected chi connectivity index (χ3v) is 4.29. The molecule has 0 aromatic heterocycles. The van der Waals surface area contributed by atoms with Crippen molar-refractivity contribution in [1.82, 2.24) is 0 Å². The number of carbonyl (C=O) groups excluding carboxylic acids is 2. The Morgan fingerprint density at radius 1 is 1.19 bits per heavy atom. The van der Waals surface area contributed by atoms with Crippen LogP contribution in [-0.4, -0.2) is 24.7 Å². The van der Waals surface area contributed by atoms with Gasteiger partial charge in [0.2, 0.25) is 11.8 Å². The average Bonchev–Trinajstić information content (AvgIpc) is 2.96. The van der Waals surface area contributed by atoms with E-state index in [1.54, 1.807) is 24.3 Å². The number of rotatable bonds is 4. The Morgan fingerprint density at radius 3 is 2.63 bits per heavy atom. The zero-order chi connectivity index (χ0) is 19.6. The predicted molar refractivity (Wildman–Crippen MR) is 93.7 cm³/mol. The number of carbonyl (C=O) groups is 2. The van der Waals surface area contributed by atoms with Gasteiger partial charge in [-0.15, -0.1) is 13.2 Å². The van der Waals surface area contributed by atoms with Gasteiger partial charge in [-0.25, -0.2) is 0 Å². The highest BCUT2D eigenvalue weighted by Gasteiger charge is 2.36. The van der Waals surface area contributed by atoms with Crippen LogP contribution in [0.15, 0.2) is 48.5 Å². The lowest BCUT2D eigenvalue weighted by atomic mass is 10.1. The number of hydrogen-bond donors (Lipinski definition) is 1. The first-order valence-electron chi connectivity index (χ1n) is 7.94. The zero-order valence-electron chi connectivity index (χ0n) is 13.8. The molecule has 1 N–H and O–H groups in total. The van der Waals surface area contributed by atoms with Crippen molar-refractivity contribution >= 4 is 34.8 Å². The third kappa shape index (κ3) is 4.71. The molecule has 0 aliphatic carbocycles. The van der Waals surface area contributed by atoms with Crippen molar-refractivity contribution in [1.29, 1.82) is 0 Å². The van der Waals surface area contributed by atoms with Crippen molar-refractivity contribution in [2.45, 2.75) is 12.8 Å². The van der Waals surface area contributed by atoms with Gasteiger partial charge in [0.25, 0.3) is 0 Å². The quantitative estimate of drug-likeness (QED) is 0.838. The number of para-hydroxylation sites is 1. The second-order valence-corrected chi connectivity index (χ2v) is 6.33. The van der Waals surface area contributed by atoms with Crippen LogP contribution in [0.3, 0.4) is 0 Å². The van der Waals surface area contributed by atoms with E-state index in [-0.39, 0.29) is 24.6 Å². The molecule has 27 heavy (non-hydrogen) atoms.